The Bertz CT molecular complexity index is 918. The highest BCUT2D eigenvalue weighted by Gasteiger charge is 2.14. The summed E-state index contributed by atoms with van der Waals surface area (Å²) in [6.45, 7) is 1.73. The Balaban J connectivity index is 2.52. The number of aryl methyl sites for hydroxylation is 1. The Morgan fingerprint density at radius 2 is 1.83 bits per heavy atom. The van der Waals surface area contributed by atoms with Crippen LogP contribution in [0.25, 0.3) is 12.2 Å². The van der Waals surface area contributed by atoms with Crippen molar-refractivity contribution in [1.29, 1.82) is 0 Å². The van der Waals surface area contributed by atoms with Gasteiger partial charge in [0.1, 0.15) is 0 Å². The molecule has 0 aliphatic heterocycles. The Morgan fingerprint density at radius 3 is 2.39 bits per heavy atom. The third kappa shape index (κ3) is 4.70. The maximum atomic E-state index is 12.2. The topological polar surface area (TPSA) is 65.4 Å². The molecule has 2 rings (SSSR count). The van der Waals surface area contributed by atoms with Crippen molar-refractivity contribution >= 4 is 49.8 Å². The summed E-state index contributed by atoms with van der Waals surface area (Å²) in [5.74, 6) is 0. The first-order chi connectivity index (χ1) is 10.7. The molecule has 2 aromatic rings. The van der Waals surface area contributed by atoms with Gasteiger partial charge in [-0.15, -0.1) is 4.73 Å². The Kier molecular flexibility index (Phi) is 5.33. The Morgan fingerprint density at radius 1 is 1.22 bits per heavy atom. The lowest BCUT2D eigenvalue weighted by molar-refractivity contribution is 0.266. The monoisotopic (exact) mass is 417 g/mol. The van der Waals surface area contributed by atoms with Crippen molar-refractivity contribution in [2.24, 2.45) is 0 Å². The van der Waals surface area contributed by atoms with Gasteiger partial charge in [-0.1, -0.05) is 29.8 Å². The van der Waals surface area contributed by atoms with Crippen LogP contribution < -0.4 is 9.84 Å². The molecule has 0 amide bonds. The van der Waals surface area contributed by atoms with E-state index in [1.165, 1.54) is 0 Å². The van der Waals surface area contributed by atoms with Gasteiger partial charge in [0, 0.05) is 5.02 Å². The van der Waals surface area contributed by atoms with Crippen molar-refractivity contribution in [3.63, 3.8) is 0 Å². The second kappa shape index (κ2) is 6.90. The zero-order valence-electron chi connectivity index (χ0n) is 12.3. The van der Waals surface area contributed by atoms with E-state index in [1.54, 1.807) is 49.4 Å². The number of pyridine rings is 1. The molecule has 0 unspecified atom stereocenters. The third-order valence-electron chi connectivity index (χ3n) is 2.84. The fourth-order valence-corrected chi connectivity index (χ4v) is 2.63. The molecule has 0 N–H and O–H groups in total. The SMILES string of the molecule is Cc1cc(/C=C/c2ccc(Cl)cc2)n(OS(C)(=O)=O)c(=O)c1Br. The molecule has 0 radical (unpaired) electrons. The Hall–Kier alpha value is -1.57. The minimum Gasteiger partial charge on any atom is -0.284 e. The number of hydrogen-bond donors (Lipinski definition) is 0. The van der Waals surface area contributed by atoms with Gasteiger partial charge in [-0.25, -0.2) is 0 Å². The molecule has 0 aliphatic carbocycles. The first-order valence-electron chi connectivity index (χ1n) is 6.43. The lowest BCUT2D eigenvalue weighted by atomic mass is 10.2. The molecular formula is C15H13BrClNO4S. The van der Waals surface area contributed by atoms with Gasteiger partial charge < -0.3 is 0 Å². The highest BCUT2D eigenvalue weighted by Crippen LogP contribution is 2.16. The predicted molar refractivity (Wildman–Crippen MR) is 94.9 cm³/mol. The van der Waals surface area contributed by atoms with Gasteiger partial charge in [-0.05, 0) is 58.3 Å². The molecule has 0 spiro atoms. The number of benzene rings is 1. The second-order valence-corrected chi connectivity index (χ2v) is 7.62. The molecule has 1 heterocycles. The molecule has 122 valence electrons. The van der Waals surface area contributed by atoms with Crippen molar-refractivity contribution in [1.82, 2.24) is 4.73 Å². The maximum Gasteiger partial charge on any atom is 0.324 e. The van der Waals surface area contributed by atoms with E-state index in [4.69, 9.17) is 15.9 Å². The van der Waals surface area contributed by atoms with Crippen LogP contribution in [0.5, 0.6) is 0 Å². The van der Waals surface area contributed by atoms with Crippen LogP contribution in [-0.2, 0) is 10.1 Å². The summed E-state index contributed by atoms with van der Waals surface area (Å²) >= 11 is 8.95. The van der Waals surface area contributed by atoms with E-state index >= 15 is 0 Å². The number of rotatable bonds is 4. The zero-order valence-corrected chi connectivity index (χ0v) is 15.4. The van der Waals surface area contributed by atoms with E-state index in [-0.39, 0.29) is 4.47 Å². The van der Waals surface area contributed by atoms with Gasteiger partial charge >= 0.3 is 10.1 Å². The number of hydrogen-bond acceptors (Lipinski definition) is 4. The normalized spacial score (nSPS) is 11.8. The quantitative estimate of drug-likeness (QED) is 0.765. The van der Waals surface area contributed by atoms with Crippen LogP contribution in [0, 0.1) is 6.92 Å². The van der Waals surface area contributed by atoms with Gasteiger partial charge in [-0.2, -0.15) is 8.42 Å². The molecule has 0 saturated heterocycles. The lowest BCUT2D eigenvalue weighted by Gasteiger charge is -2.11. The maximum absolute atomic E-state index is 12.2. The minimum atomic E-state index is -3.85. The standard InChI is InChI=1S/C15H13BrClNO4S/c1-10-9-13(8-5-11-3-6-12(17)7-4-11)18(15(19)14(10)16)22-23(2,20)21/h3-9H,1-2H3/b8-5+. The van der Waals surface area contributed by atoms with Gasteiger partial charge in [0.25, 0.3) is 5.56 Å². The molecule has 5 nitrogen and oxygen atoms in total. The van der Waals surface area contributed by atoms with Crippen LogP contribution in [0.15, 0.2) is 39.6 Å². The summed E-state index contributed by atoms with van der Waals surface area (Å²) in [6.07, 6.45) is 4.19. The largest absolute Gasteiger partial charge is 0.324 e. The summed E-state index contributed by atoms with van der Waals surface area (Å²) in [4.78, 5) is 12.2. The summed E-state index contributed by atoms with van der Waals surface area (Å²) in [5.41, 5.74) is 1.22. The molecule has 1 aromatic heterocycles. The average Bonchev–Trinajstić information content (AvgIpc) is 2.47. The lowest BCUT2D eigenvalue weighted by Crippen LogP contribution is -2.32. The van der Waals surface area contributed by atoms with Crippen molar-refractivity contribution in [2.75, 3.05) is 6.26 Å². The first-order valence-corrected chi connectivity index (χ1v) is 9.42. The molecule has 23 heavy (non-hydrogen) atoms. The van der Waals surface area contributed by atoms with E-state index in [1.807, 2.05) is 0 Å². The minimum absolute atomic E-state index is 0.241. The molecule has 8 heteroatoms. The van der Waals surface area contributed by atoms with E-state index in [0.29, 0.717) is 16.3 Å². The molecule has 0 saturated carbocycles. The van der Waals surface area contributed by atoms with E-state index in [9.17, 15) is 13.2 Å². The summed E-state index contributed by atoms with van der Waals surface area (Å²) in [6, 6.07) is 8.69. The number of nitrogens with zero attached hydrogens (tertiary/aromatic N) is 1. The van der Waals surface area contributed by atoms with Crippen LogP contribution in [0.3, 0.4) is 0 Å². The van der Waals surface area contributed by atoms with Crippen molar-refractivity contribution in [2.45, 2.75) is 6.92 Å². The molecule has 0 fully saturated rings. The first kappa shape index (κ1) is 17.8. The molecule has 0 aliphatic rings. The average molecular weight is 419 g/mol. The van der Waals surface area contributed by atoms with Crippen LogP contribution in [0.1, 0.15) is 16.8 Å². The highest BCUT2D eigenvalue weighted by molar-refractivity contribution is 9.10. The number of aromatic nitrogens is 1. The van der Waals surface area contributed by atoms with Crippen LogP contribution in [0.4, 0.5) is 0 Å². The van der Waals surface area contributed by atoms with Crippen LogP contribution in [0.2, 0.25) is 5.02 Å². The number of halogens is 2. The van der Waals surface area contributed by atoms with Crippen LogP contribution in [-0.4, -0.2) is 19.4 Å². The molecular weight excluding hydrogens is 406 g/mol. The van der Waals surface area contributed by atoms with Crippen molar-refractivity contribution < 1.29 is 12.7 Å². The smallest absolute Gasteiger partial charge is 0.284 e. The van der Waals surface area contributed by atoms with Crippen molar-refractivity contribution in [3.05, 3.63) is 67.0 Å². The fourth-order valence-electron chi connectivity index (χ4n) is 1.80. The molecule has 1 aromatic carbocycles. The van der Waals surface area contributed by atoms with Gasteiger partial charge in [0.2, 0.25) is 0 Å². The highest BCUT2D eigenvalue weighted by atomic mass is 79.9. The summed E-state index contributed by atoms with van der Waals surface area (Å²) in [7, 11) is -3.85. The van der Waals surface area contributed by atoms with Gasteiger partial charge in [0.05, 0.1) is 16.4 Å². The van der Waals surface area contributed by atoms with Gasteiger partial charge in [0.15, 0.2) is 0 Å². The van der Waals surface area contributed by atoms with Crippen molar-refractivity contribution in [3.8, 4) is 0 Å². The Labute approximate surface area is 147 Å². The van der Waals surface area contributed by atoms with E-state index in [2.05, 4.69) is 15.9 Å². The third-order valence-corrected chi connectivity index (χ3v) is 4.48. The second-order valence-electron chi connectivity index (χ2n) is 4.83. The van der Waals surface area contributed by atoms with E-state index < -0.39 is 15.7 Å². The van der Waals surface area contributed by atoms with E-state index in [0.717, 1.165) is 16.5 Å². The predicted octanol–water partition coefficient (Wildman–Crippen LogP) is 3.13. The zero-order chi connectivity index (χ0) is 17.2. The molecule has 0 bridgehead atoms. The summed E-state index contributed by atoms with van der Waals surface area (Å²) in [5, 5.41) is 0.610. The van der Waals surface area contributed by atoms with Crippen LogP contribution >= 0.6 is 27.5 Å². The molecule has 0 atom stereocenters. The summed E-state index contributed by atoms with van der Waals surface area (Å²) < 4.78 is 28.5. The van der Waals surface area contributed by atoms with Gasteiger partial charge in [-0.3, -0.25) is 9.08 Å². The fraction of sp³-hybridized carbons (Fsp3) is 0.133.